The standard InChI is InChI=1S/C14H14ClF3N4O/c15-9-4-11(19-6-9)13(23)22-3-1-2-8(7-22)10-5-12(21-20-10)14(16,17)18/h4-6,8,19H,1-3,7H2,(H,20,21)/t8-/m0/s1. The zero-order valence-corrected chi connectivity index (χ0v) is 12.7. The number of H-pyrrole nitrogens is 2. The third-order valence-electron chi connectivity index (χ3n) is 3.91. The molecule has 0 aliphatic carbocycles. The van der Waals surface area contributed by atoms with E-state index in [9.17, 15) is 18.0 Å². The molecule has 0 radical (unpaired) electrons. The number of aromatic amines is 2. The van der Waals surface area contributed by atoms with Crippen molar-refractivity contribution in [3.8, 4) is 0 Å². The van der Waals surface area contributed by atoms with Crippen LogP contribution in [0.3, 0.4) is 0 Å². The number of nitrogens with one attached hydrogen (secondary N) is 2. The highest BCUT2D eigenvalue weighted by Crippen LogP contribution is 2.32. The molecule has 0 bridgehead atoms. The van der Waals surface area contributed by atoms with Crippen LogP contribution in [0.15, 0.2) is 18.3 Å². The van der Waals surface area contributed by atoms with E-state index in [0.717, 1.165) is 6.07 Å². The molecule has 1 saturated heterocycles. The number of hydrogen-bond acceptors (Lipinski definition) is 2. The summed E-state index contributed by atoms with van der Waals surface area (Å²) >= 11 is 5.79. The zero-order valence-electron chi connectivity index (χ0n) is 12.0. The molecule has 1 atom stereocenters. The van der Waals surface area contributed by atoms with Gasteiger partial charge in [0.05, 0.1) is 5.02 Å². The fraction of sp³-hybridized carbons (Fsp3) is 0.429. The molecule has 1 fully saturated rings. The Labute approximate surface area is 134 Å². The number of carbonyl (C=O) groups is 1. The topological polar surface area (TPSA) is 64.8 Å². The zero-order chi connectivity index (χ0) is 16.6. The summed E-state index contributed by atoms with van der Waals surface area (Å²) in [7, 11) is 0. The van der Waals surface area contributed by atoms with Crippen LogP contribution >= 0.6 is 11.6 Å². The Hall–Kier alpha value is -1.96. The van der Waals surface area contributed by atoms with E-state index in [1.54, 1.807) is 4.90 Å². The second-order valence-corrected chi connectivity index (χ2v) is 5.96. The number of likely N-dealkylation sites (tertiary alicyclic amines) is 1. The minimum Gasteiger partial charge on any atom is -0.356 e. The fourth-order valence-electron chi connectivity index (χ4n) is 2.77. The second kappa shape index (κ2) is 5.92. The summed E-state index contributed by atoms with van der Waals surface area (Å²) in [6.45, 7) is 0.904. The van der Waals surface area contributed by atoms with Gasteiger partial charge in [0.15, 0.2) is 5.69 Å². The van der Waals surface area contributed by atoms with Crippen molar-refractivity contribution >= 4 is 17.5 Å². The van der Waals surface area contributed by atoms with E-state index in [-0.39, 0.29) is 11.8 Å². The van der Waals surface area contributed by atoms with Crippen LogP contribution in [0.4, 0.5) is 13.2 Å². The molecular weight excluding hydrogens is 333 g/mol. The van der Waals surface area contributed by atoms with E-state index in [1.807, 2.05) is 0 Å². The molecule has 3 heterocycles. The molecule has 2 aromatic rings. The molecule has 0 spiro atoms. The molecule has 1 amide bonds. The molecule has 0 saturated carbocycles. The fourth-order valence-corrected chi connectivity index (χ4v) is 2.93. The summed E-state index contributed by atoms with van der Waals surface area (Å²) in [6.07, 6.45) is -1.54. The average molecular weight is 347 g/mol. The lowest BCUT2D eigenvalue weighted by atomic mass is 9.94. The van der Waals surface area contributed by atoms with E-state index >= 15 is 0 Å². The number of carbonyl (C=O) groups excluding carboxylic acids is 1. The van der Waals surface area contributed by atoms with Gasteiger partial charge in [0, 0.05) is 30.9 Å². The highest BCUT2D eigenvalue weighted by molar-refractivity contribution is 6.30. The summed E-state index contributed by atoms with van der Waals surface area (Å²) in [5, 5.41) is 6.20. The van der Waals surface area contributed by atoms with Crippen LogP contribution in [0, 0.1) is 0 Å². The lowest BCUT2D eigenvalue weighted by molar-refractivity contribution is -0.141. The van der Waals surface area contributed by atoms with E-state index in [2.05, 4.69) is 15.2 Å². The Morgan fingerprint density at radius 2 is 2.17 bits per heavy atom. The normalized spacial score (nSPS) is 19.1. The number of rotatable bonds is 2. The first kappa shape index (κ1) is 15.9. The van der Waals surface area contributed by atoms with Crippen molar-refractivity contribution in [1.82, 2.24) is 20.1 Å². The summed E-state index contributed by atoms with van der Waals surface area (Å²) in [5.74, 6) is -0.404. The molecule has 1 aliphatic rings. The molecular formula is C14H14ClF3N4O. The SMILES string of the molecule is O=C(c1cc(Cl)c[nH]1)N1CCC[C@H](c2cc(C(F)(F)F)n[nH]2)C1. The summed E-state index contributed by atoms with van der Waals surface area (Å²) in [5.41, 5.74) is -0.164. The molecule has 0 aromatic carbocycles. The Morgan fingerprint density at radius 1 is 1.39 bits per heavy atom. The summed E-state index contributed by atoms with van der Waals surface area (Å²) in [4.78, 5) is 16.8. The monoisotopic (exact) mass is 346 g/mol. The maximum Gasteiger partial charge on any atom is 0.435 e. The third-order valence-corrected chi connectivity index (χ3v) is 4.13. The van der Waals surface area contributed by atoms with Crippen LogP contribution in [-0.4, -0.2) is 39.1 Å². The number of alkyl halides is 3. The van der Waals surface area contributed by atoms with Gasteiger partial charge in [-0.05, 0) is 25.0 Å². The highest BCUT2D eigenvalue weighted by Gasteiger charge is 2.35. The van der Waals surface area contributed by atoms with E-state index < -0.39 is 11.9 Å². The Bertz CT molecular complexity index is 709. The molecule has 124 valence electrons. The van der Waals surface area contributed by atoms with Crippen molar-refractivity contribution in [2.75, 3.05) is 13.1 Å². The van der Waals surface area contributed by atoms with Crippen molar-refractivity contribution < 1.29 is 18.0 Å². The van der Waals surface area contributed by atoms with Crippen molar-refractivity contribution in [2.45, 2.75) is 24.9 Å². The number of piperidine rings is 1. The highest BCUT2D eigenvalue weighted by atomic mass is 35.5. The van der Waals surface area contributed by atoms with E-state index in [0.29, 0.717) is 42.3 Å². The Morgan fingerprint density at radius 3 is 2.78 bits per heavy atom. The first-order chi connectivity index (χ1) is 10.8. The van der Waals surface area contributed by atoms with Gasteiger partial charge in [-0.15, -0.1) is 0 Å². The lowest BCUT2D eigenvalue weighted by Crippen LogP contribution is -2.39. The van der Waals surface area contributed by atoms with Crippen LogP contribution < -0.4 is 0 Å². The summed E-state index contributed by atoms with van der Waals surface area (Å²) < 4.78 is 37.9. The molecule has 9 heteroatoms. The van der Waals surface area contributed by atoms with Gasteiger partial charge >= 0.3 is 6.18 Å². The van der Waals surface area contributed by atoms with Crippen LogP contribution in [0.1, 0.15) is 40.6 Å². The van der Waals surface area contributed by atoms with Crippen molar-refractivity contribution in [2.24, 2.45) is 0 Å². The molecule has 0 unspecified atom stereocenters. The molecule has 1 aliphatic heterocycles. The summed E-state index contributed by atoms with van der Waals surface area (Å²) in [6, 6.07) is 2.55. The molecule has 23 heavy (non-hydrogen) atoms. The predicted molar refractivity (Wildman–Crippen MR) is 77.3 cm³/mol. The number of amides is 1. The number of halogens is 4. The van der Waals surface area contributed by atoms with Gasteiger partial charge in [-0.1, -0.05) is 11.6 Å². The van der Waals surface area contributed by atoms with E-state index in [1.165, 1.54) is 12.3 Å². The number of aromatic nitrogens is 3. The second-order valence-electron chi connectivity index (χ2n) is 5.53. The quantitative estimate of drug-likeness (QED) is 0.875. The van der Waals surface area contributed by atoms with Crippen molar-refractivity contribution in [3.63, 3.8) is 0 Å². The Kier molecular flexibility index (Phi) is 4.09. The Balaban J connectivity index is 1.73. The van der Waals surface area contributed by atoms with Crippen LogP contribution in [-0.2, 0) is 6.18 Å². The van der Waals surface area contributed by atoms with Gasteiger partial charge in [0.25, 0.3) is 5.91 Å². The average Bonchev–Trinajstić information content (AvgIpc) is 3.15. The van der Waals surface area contributed by atoms with Gasteiger partial charge in [-0.25, -0.2) is 0 Å². The predicted octanol–water partition coefficient (Wildman–Crippen LogP) is 3.43. The number of nitrogens with zero attached hydrogens (tertiary/aromatic N) is 2. The van der Waals surface area contributed by atoms with Gasteiger partial charge in [0.2, 0.25) is 0 Å². The largest absolute Gasteiger partial charge is 0.435 e. The van der Waals surface area contributed by atoms with Gasteiger partial charge in [0.1, 0.15) is 5.69 Å². The first-order valence-corrected chi connectivity index (χ1v) is 7.48. The van der Waals surface area contributed by atoms with Gasteiger partial charge in [-0.2, -0.15) is 18.3 Å². The van der Waals surface area contributed by atoms with Crippen molar-refractivity contribution in [1.29, 1.82) is 0 Å². The molecule has 2 aromatic heterocycles. The van der Waals surface area contributed by atoms with Crippen molar-refractivity contribution in [3.05, 3.63) is 40.4 Å². The van der Waals surface area contributed by atoms with E-state index in [4.69, 9.17) is 11.6 Å². The third kappa shape index (κ3) is 3.36. The number of hydrogen-bond donors (Lipinski definition) is 2. The van der Waals surface area contributed by atoms with Crippen LogP contribution in [0.5, 0.6) is 0 Å². The van der Waals surface area contributed by atoms with Gasteiger partial charge in [-0.3, -0.25) is 9.89 Å². The first-order valence-electron chi connectivity index (χ1n) is 7.10. The molecule has 5 nitrogen and oxygen atoms in total. The van der Waals surface area contributed by atoms with Crippen LogP contribution in [0.2, 0.25) is 5.02 Å². The molecule has 3 rings (SSSR count). The van der Waals surface area contributed by atoms with Gasteiger partial charge < -0.3 is 9.88 Å². The minimum absolute atomic E-state index is 0.193. The smallest absolute Gasteiger partial charge is 0.356 e. The lowest BCUT2D eigenvalue weighted by Gasteiger charge is -2.32. The minimum atomic E-state index is -4.47. The maximum absolute atomic E-state index is 12.6. The van der Waals surface area contributed by atoms with Crippen LogP contribution in [0.25, 0.3) is 0 Å². The maximum atomic E-state index is 12.6. The molecule has 2 N–H and O–H groups in total.